The number of anilines is 2. The number of carbonyl (C=O) groups excluding carboxylic acids is 2. The molecule has 3 heterocycles. The maximum absolute atomic E-state index is 13.3. The predicted octanol–water partition coefficient (Wildman–Crippen LogP) is 4.73. The van der Waals surface area contributed by atoms with E-state index in [-0.39, 0.29) is 30.0 Å². The molecule has 1 aliphatic heterocycles. The summed E-state index contributed by atoms with van der Waals surface area (Å²) in [4.78, 5) is 30.5. The highest BCUT2D eigenvalue weighted by Crippen LogP contribution is 2.32. The summed E-state index contributed by atoms with van der Waals surface area (Å²) < 4.78 is 15.1. The van der Waals surface area contributed by atoms with E-state index in [9.17, 15) is 14.0 Å². The van der Waals surface area contributed by atoms with Crippen molar-refractivity contribution in [3.8, 4) is 11.3 Å². The van der Waals surface area contributed by atoms with E-state index in [1.54, 1.807) is 12.1 Å². The van der Waals surface area contributed by atoms with Gasteiger partial charge in [0.05, 0.1) is 0 Å². The first kappa shape index (κ1) is 19.4. The minimum Gasteiger partial charge on any atom is -0.326 e. The Hall–Kier alpha value is -3.52. The van der Waals surface area contributed by atoms with Crippen molar-refractivity contribution in [2.45, 2.75) is 19.3 Å². The third-order valence-electron chi connectivity index (χ3n) is 5.47. The molecule has 6 nitrogen and oxygen atoms in total. The highest BCUT2D eigenvalue weighted by Gasteiger charge is 2.26. The lowest BCUT2D eigenvalue weighted by Gasteiger charge is -2.24. The van der Waals surface area contributed by atoms with Crippen LogP contribution in [0.25, 0.3) is 16.2 Å². The molecule has 4 aromatic rings. The molecular weight excluding hydrogens is 415 g/mol. The minimum absolute atomic E-state index is 0.0527. The number of rotatable bonds is 5. The maximum Gasteiger partial charge on any atom is 0.227 e. The Morgan fingerprint density at radius 2 is 2.03 bits per heavy atom. The topological polar surface area (TPSA) is 75.5 Å². The fourth-order valence-corrected chi connectivity index (χ4v) is 4.57. The van der Waals surface area contributed by atoms with Gasteiger partial charge in [0.15, 0.2) is 4.96 Å². The van der Waals surface area contributed by atoms with Gasteiger partial charge in [-0.15, -0.1) is 11.3 Å². The Bertz CT molecular complexity index is 1280. The standard InChI is InChI=1S/C23H19FN4O2S/c24-17-8-5-14(6-9-17)20-21(28-11-12-31-23(28)27-20)26-19(29)10-7-16-13-15-3-1-2-4-18(15)25-22(16)30/h1-6,8-9,11-12,16H,7,10,13H2,(H,25,30)(H,26,29). The molecule has 2 N–H and O–H groups in total. The number of fused-ring (bicyclic) bond motifs is 2. The van der Waals surface area contributed by atoms with Gasteiger partial charge in [0.25, 0.3) is 0 Å². The molecule has 0 bridgehead atoms. The van der Waals surface area contributed by atoms with E-state index in [0.717, 1.165) is 21.8 Å². The summed E-state index contributed by atoms with van der Waals surface area (Å²) in [5, 5.41) is 7.76. The molecule has 0 radical (unpaired) electrons. The van der Waals surface area contributed by atoms with Crippen LogP contribution in [0.2, 0.25) is 0 Å². The Morgan fingerprint density at radius 3 is 2.87 bits per heavy atom. The fraction of sp³-hybridized carbons (Fsp3) is 0.174. The highest BCUT2D eigenvalue weighted by molar-refractivity contribution is 7.15. The van der Waals surface area contributed by atoms with Crippen LogP contribution >= 0.6 is 11.3 Å². The summed E-state index contributed by atoms with van der Waals surface area (Å²) in [6.45, 7) is 0. The minimum atomic E-state index is -0.331. The quantitative estimate of drug-likeness (QED) is 0.477. The molecule has 156 valence electrons. The first-order valence-electron chi connectivity index (χ1n) is 9.98. The summed E-state index contributed by atoms with van der Waals surface area (Å²) in [6, 6.07) is 13.7. The molecule has 2 amide bonds. The van der Waals surface area contributed by atoms with E-state index < -0.39 is 0 Å². The zero-order valence-electron chi connectivity index (χ0n) is 16.5. The van der Waals surface area contributed by atoms with Crippen LogP contribution < -0.4 is 10.6 Å². The van der Waals surface area contributed by atoms with E-state index in [4.69, 9.17) is 0 Å². The van der Waals surface area contributed by atoms with Crippen molar-refractivity contribution >= 4 is 39.6 Å². The fourth-order valence-electron chi connectivity index (χ4n) is 3.86. The normalized spacial score (nSPS) is 15.5. The third kappa shape index (κ3) is 3.82. The van der Waals surface area contributed by atoms with Gasteiger partial charge in [-0.3, -0.25) is 14.0 Å². The summed E-state index contributed by atoms with van der Waals surface area (Å²) >= 11 is 1.45. The van der Waals surface area contributed by atoms with Crippen molar-refractivity contribution in [2.24, 2.45) is 5.92 Å². The number of amides is 2. The number of benzene rings is 2. The largest absolute Gasteiger partial charge is 0.326 e. The van der Waals surface area contributed by atoms with Crippen molar-refractivity contribution in [3.05, 3.63) is 71.5 Å². The molecule has 0 saturated carbocycles. The number of nitrogens with zero attached hydrogens (tertiary/aromatic N) is 2. The molecule has 31 heavy (non-hydrogen) atoms. The Balaban J connectivity index is 1.32. The van der Waals surface area contributed by atoms with Gasteiger partial charge in [-0.25, -0.2) is 9.37 Å². The van der Waals surface area contributed by atoms with Crippen molar-refractivity contribution in [1.82, 2.24) is 9.38 Å². The first-order chi connectivity index (χ1) is 15.1. The van der Waals surface area contributed by atoms with Crippen LogP contribution in [0.5, 0.6) is 0 Å². The van der Waals surface area contributed by atoms with E-state index in [2.05, 4.69) is 15.6 Å². The average Bonchev–Trinajstić information content (AvgIpc) is 3.35. The van der Waals surface area contributed by atoms with Gasteiger partial charge in [0, 0.05) is 35.2 Å². The smallest absolute Gasteiger partial charge is 0.227 e. The van der Waals surface area contributed by atoms with Gasteiger partial charge in [-0.05, 0) is 48.7 Å². The second kappa shape index (κ2) is 7.96. The molecule has 0 saturated heterocycles. The molecular formula is C23H19FN4O2S. The molecule has 0 fully saturated rings. The molecule has 1 aliphatic rings. The van der Waals surface area contributed by atoms with Crippen molar-refractivity contribution in [2.75, 3.05) is 10.6 Å². The van der Waals surface area contributed by atoms with Crippen LogP contribution in [0.3, 0.4) is 0 Å². The molecule has 1 unspecified atom stereocenters. The van der Waals surface area contributed by atoms with Crippen LogP contribution in [0, 0.1) is 11.7 Å². The molecule has 2 aromatic heterocycles. The van der Waals surface area contributed by atoms with Gasteiger partial charge in [0.2, 0.25) is 11.8 Å². The second-order valence-corrected chi connectivity index (χ2v) is 8.38. The second-order valence-electron chi connectivity index (χ2n) is 7.51. The maximum atomic E-state index is 13.3. The lowest BCUT2D eigenvalue weighted by Crippen LogP contribution is -2.30. The number of carbonyl (C=O) groups is 2. The summed E-state index contributed by atoms with van der Waals surface area (Å²) in [5.41, 5.74) is 3.23. The SMILES string of the molecule is O=C(CCC1Cc2ccccc2NC1=O)Nc1c(-c2ccc(F)cc2)nc2sccn12. The van der Waals surface area contributed by atoms with E-state index in [1.165, 1.54) is 23.5 Å². The van der Waals surface area contributed by atoms with E-state index >= 15 is 0 Å². The van der Waals surface area contributed by atoms with Crippen molar-refractivity contribution in [1.29, 1.82) is 0 Å². The number of para-hydroxylation sites is 1. The van der Waals surface area contributed by atoms with Crippen LogP contribution in [-0.4, -0.2) is 21.2 Å². The molecule has 0 aliphatic carbocycles. The Morgan fingerprint density at radius 1 is 1.23 bits per heavy atom. The van der Waals surface area contributed by atoms with Crippen LogP contribution in [0.15, 0.2) is 60.1 Å². The number of halogens is 1. The van der Waals surface area contributed by atoms with Crippen LogP contribution in [-0.2, 0) is 16.0 Å². The average molecular weight is 434 g/mol. The van der Waals surface area contributed by atoms with E-state index in [0.29, 0.717) is 24.4 Å². The number of hydrogen-bond acceptors (Lipinski definition) is 4. The van der Waals surface area contributed by atoms with Gasteiger partial charge < -0.3 is 10.6 Å². The summed E-state index contributed by atoms with van der Waals surface area (Å²) in [7, 11) is 0. The number of imidazole rings is 1. The molecule has 8 heteroatoms. The van der Waals surface area contributed by atoms with Crippen LogP contribution in [0.1, 0.15) is 18.4 Å². The molecule has 0 spiro atoms. The number of nitrogens with one attached hydrogen (secondary N) is 2. The van der Waals surface area contributed by atoms with Gasteiger partial charge in [-0.2, -0.15) is 0 Å². The predicted molar refractivity (Wildman–Crippen MR) is 119 cm³/mol. The Kier molecular flexibility index (Phi) is 4.99. The van der Waals surface area contributed by atoms with Gasteiger partial charge in [-0.1, -0.05) is 18.2 Å². The molecule has 2 aromatic carbocycles. The molecule has 1 atom stereocenters. The monoisotopic (exact) mass is 434 g/mol. The highest BCUT2D eigenvalue weighted by atomic mass is 32.1. The van der Waals surface area contributed by atoms with E-state index in [1.807, 2.05) is 40.2 Å². The number of hydrogen-bond donors (Lipinski definition) is 2. The third-order valence-corrected chi connectivity index (χ3v) is 6.23. The number of aromatic nitrogens is 2. The first-order valence-corrected chi connectivity index (χ1v) is 10.9. The van der Waals surface area contributed by atoms with Crippen molar-refractivity contribution < 1.29 is 14.0 Å². The number of thiazole rings is 1. The lowest BCUT2D eigenvalue weighted by molar-refractivity contribution is -0.121. The Labute approximate surface area is 181 Å². The summed E-state index contributed by atoms with van der Waals surface area (Å²) in [5.74, 6) is -0.274. The van der Waals surface area contributed by atoms with Crippen LogP contribution in [0.4, 0.5) is 15.9 Å². The zero-order chi connectivity index (χ0) is 21.4. The zero-order valence-corrected chi connectivity index (χ0v) is 17.3. The van der Waals surface area contributed by atoms with Gasteiger partial charge in [0.1, 0.15) is 17.3 Å². The summed E-state index contributed by atoms with van der Waals surface area (Å²) in [6.07, 6.45) is 3.11. The van der Waals surface area contributed by atoms with Crippen molar-refractivity contribution in [3.63, 3.8) is 0 Å². The molecule has 5 rings (SSSR count). The van der Waals surface area contributed by atoms with Gasteiger partial charge >= 0.3 is 0 Å². The lowest BCUT2D eigenvalue weighted by atomic mass is 9.89.